The van der Waals surface area contributed by atoms with Crippen LogP contribution in [-0.2, 0) is 0 Å². The maximum absolute atomic E-state index is 4.38. The minimum absolute atomic E-state index is 0.491. The molecule has 3 heterocycles. The average Bonchev–Trinajstić information content (AvgIpc) is 3.22. The molecule has 1 aliphatic heterocycles. The van der Waals surface area contributed by atoms with E-state index in [4.69, 9.17) is 0 Å². The van der Waals surface area contributed by atoms with Crippen molar-refractivity contribution in [2.24, 2.45) is 0 Å². The minimum Gasteiger partial charge on any atom is -0.297 e. The lowest BCUT2D eigenvalue weighted by Gasteiger charge is -2.24. The molecule has 0 spiro atoms. The highest BCUT2D eigenvalue weighted by Gasteiger charge is 2.19. The van der Waals surface area contributed by atoms with Crippen molar-refractivity contribution in [3.63, 3.8) is 0 Å². The molecular weight excluding hydrogens is 286 g/mol. The molecule has 0 saturated carbocycles. The minimum atomic E-state index is 0.491. The Morgan fingerprint density at radius 2 is 1.78 bits per heavy atom. The maximum Gasteiger partial charge on any atom is 0.252 e. The van der Waals surface area contributed by atoms with Gasteiger partial charge in [0.25, 0.3) is 5.78 Å². The van der Waals surface area contributed by atoms with Crippen LogP contribution in [0.25, 0.3) is 16.9 Å². The molecule has 4 rings (SSSR count). The summed E-state index contributed by atoms with van der Waals surface area (Å²) in [6, 6.07) is 9.30. The predicted molar refractivity (Wildman–Crippen MR) is 90.2 cm³/mol. The van der Waals surface area contributed by atoms with E-state index in [9.17, 15) is 0 Å². The number of aromatic nitrogens is 4. The smallest absolute Gasteiger partial charge is 0.252 e. The van der Waals surface area contributed by atoms with E-state index >= 15 is 0 Å². The first-order valence-electron chi connectivity index (χ1n) is 8.24. The summed E-state index contributed by atoms with van der Waals surface area (Å²) >= 11 is 0. The second-order valence-electron chi connectivity index (χ2n) is 6.29. The summed E-state index contributed by atoms with van der Waals surface area (Å²) in [4.78, 5) is 11.2. The van der Waals surface area contributed by atoms with E-state index in [1.807, 2.05) is 19.3 Å². The summed E-state index contributed by atoms with van der Waals surface area (Å²) in [5, 5.41) is 4.33. The largest absolute Gasteiger partial charge is 0.297 e. The molecule has 1 saturated heterocycles. The molecule has 0 radical (unpaired) electrons. The molecule has 1 atom stereocenters. The zero-order valence-electron chi connectivity index (χ0n) is 13.6. The number of benzene rings is 1. The lowest BCUT2D eigenvalue weighted by Crippen LogP contribution is -2.23. The van der Waals surface area contributed by atoms with Crippen LogP contribution < -0.4 is 0 Å². The fourth-order valence-corrected chi connectivity index (χ4v) is 3.33. The van der Waals surface area contributed by atoms with Gasteiger partial charge in [-0.05, 0) is 50.9 Å². The number of hydrogen-bond donors (Lipinski definition) is 0. The van der Waals surface area contributed by atoms with Crippen LogP contribution in [0.2, 0.25) is 0 Å². The molecule has 0 bridgehead atoms. The van der Waals surface area contributed by atoms with Crippen LogP contribution in [0, 0.1) is 6.92 Å². The number of nitrogens with zero attached hydrogens (tertiary/aromatic N) is 5. The van der Waals surface area contributed by atoms with Crippen LogP contribution in [0.1, 0.15) is 37.2 Å². The van der Waals surface area contributed by atoms with Gasteiger partial charge in [0, 0.05) is 24.0 Å². The number of hydrogen-bond acceptors (Lipinski definition) is 4. The summed E-state index contributed by atoms with van der Waals surface area (Å²) in [5.74, 6) is 1.38. The van der Waals surface area contributed by atoms with E-state index in [-0.39, 0.29) is 0 Å². The topological polar surface area (TPSA) is 46.3 Å². The van der Waals surface area contributed by atoms with Crippen molar-refractivity contribution < 1.29 is 0 Å². The van der Waals surface area contributed by atoms with E-state index in [0.717, 1.165) is 17.0 Å². The average molecular weight is 307 g/mol. The van der Waals surface area contributed by atoms with Crippen LogP contribution in [-0.4, -0.2) is 37.6 Å². The number of fused-ring (bicyclic) bond motifs is 1. The molecule has 23 heavy (non-hydrogen) atoms. The highest BCUT2D eigenvalue weighted by atomic mass is 15.3. The highest BCUT2D eigenvalue weighted by molar-refractivity contribution is 5.62. The zero-order chi connectivity index (χ0) is 15.8. The quantitative estimate of drug-likeness (QED) is 0.745. The normalized spacial score (nSPS) is 17.0. The van der Waals surface area contributed by atoms with Crippen molar-refractivity contribution >= 4 is 5.78 Å². The van der Waals surface area contributed by atoms with Gasteiger partial charge >= 0.3 is 0 Å². The highest BCUT2D eigenvalue weighted by Crippen LogP contribution is 2.27. The molecule has 118 valence electrons. The Morgan fingerprint density at radius 1 is 1.04 bits per heavy atom. The van der Waals surface area contributed by atoms with Crippen LogP contribution >= 0.6 is 0 Å². The molecule has 5 nitrogen and oxygen atoms in total. The molecule has 0 N–H and O–H groups in total. The predicted octanol–water partition coefficient (Wildman–Crippen LogP) is 3.26. The molecule has 1 aliphatic rings. The third-order valence-electron chi connectivity index (χ3n) is 4.71. The Kier molecular flexibility index (Phi) is 3.58. The summed E-state index contributed by atoms with van der Waals surface area (Å²) < 4.78 is 1.74. The summed E-state index contributed by atoms with van der Waals surface area (Å²) in [6.07, 6.45) is 6.50. The Balaban J connectivity index is 1.61. The summed E-state index contributed by atoms with van der Waals surface area (Å²) in [6.45, 7) is 6.61. The first kappa shape index (κ1) is 14.3. The van der Waals surface area contributed by atoms with E-state index in [2.05, 4.69) is 51.2 Å². The lowest BCUT2D eigenvalue weighted by atomic mass is 10.0. The Morgan fingerprint density at radius 3 is 2.52 bits per heavy atom. The van der Waals surface area contributed by atoms with Crippen LogP contribution in [0.5, 0.6) is 0 Å². The Hall–Kier alpha value is -2.27. The maximum atomic E-state index is 4.38. The van der Waals surface area contributed by atoms with E-state index < -0.39 is 0 Å². The first-order chi connectivity index (χ1) is 11.2. The van der Waals surface area contributed by atoms with Gasteiger partial charge in [-0.2, -0.15) is 10.1 Å². The van der Waals surface area contributed by atoms with Crippen molar-refractivity contribution in [3.8, 4) is 11.1 Å². The fraction of sp³-hybridized carbons (Fsp3) is 0.389. The van der Waals surface area contributed by atoms with E-state index in [0.29, 0.717) is 11.8 Å². The molecule has 0 unspecified atom stereocenters. The molecule has 0 aliphatic carbocycles. The van der Waals surface area contributed by atoms with Gasteiger partial charge in [0.15, 0.2) is 0 Å². The van der Waals surface area contributed by atoms with Crippen molar-refractivity contribution in [1.82, 2.24) is 24.5 Å². The van der Waals surface area contributed by atoms with Gasteiger partial charge in [-0.15, -0.1) is 0 Å². The molecule has 1 fully saturated rings. The Labute approximate surface area is 136 Å². The van der Waals surface area contributed by atoms with Crippen LogP contribution in [0.4, 0.5) is 0 Å². The number of likely N-dealkylation sites (tertiary alicyclic amines) is 1. The third-order valence-corrected chi connectivity index (χ3v) is 4.71. The van der Waals surface area contributed by atoms with E-state index in [1.54, 1.807) is 4.52 Å². The molecule has 3 aromatic rings. The van der Waals surface area contributed by atoms with Gasteiger partial charge in [-0.1, -0.05) is 24.3 Å². The number of aryl methyl sites for hydroxylation is 1. The SMILES string of the molecule is Cc1nc2ncc(-c3ccc([C@H](C)N4CCCC4)cc3)cn2n1. The zero-order valence-corrected chi connectivity index (χ0v) is 13.6. The van der Waals surface area contributed by atoms with Gasteiger partial charge in [0.1, 0.15) is 5.82 Å². The molecule has 5 heteroatoms. The van der Waals surface area contributed by atoms with Crippen molar-refractivity contribution in [2.45, 2.75) is 32.7 Å². The van der Waals surface area contributed by atoms with Gasteiger partial charge < -0.3 is 0 Å². The van der Waals surface area contributed by atoms with E-state index in [1.165, 1.54) is 31.5 Å². The fourth-order valence-electron chi connectivity index (χ4n) is 3.33. The van der Waals surface area contributed by atoms with Gasteiger partial charge in [-0.3, -0.25) is 4.90 Å². The second kappa shape index (κ2) is 5.74. The summed E-state index contributed by atoms with van der Waals surface area (Å²) in [5.41, 5.74) is 3.59. The lowest BCUT2D eigenvalue weighted by molar-refractivity contribution is 0.263. The van der Waals surface area contributed by atoms with Gasteiger partial charge in [0.05, 0.1) is 0 Å². The van der Waals surface area contributed by atoms with Gasteiger partial charge in [0.2, 0.25) is 0 Å². The summed E-state index contributed by atoms with van der Waals surface area (Å²) in [7, 11) is 0. The van der Waals surface area contributed by atoms with Crippen molar-refractivity contribution in [2.75, 3.05) is 13.1 Å². The second-order valence-corrected chi connectivity index (χ2v) is 6.29. The Bertz CT molecular complexity index is 815. The molecule has 0 amide bonds. The van der Waals surface area contributed by atoms with Crippen LogP contribution in [0.3, 0.4) is 0 Å². The number of rotatable bonds is 3. The van der Waals surface area contributed by atoms with Crippen molar-refractivity contribution in [3.05, 3.63) is 48.0 Å². The molecular formula is C18H21N5. The third kappa shape index (κ3) is 2.72. The molecule has 1 aromatic carbocycles. The molecule has 2 aromatic heterocycles. The first-order valence-corrected chi connectivity index (χ1v) is 8.24. The monoisotopic (exact) mass is 307 g/mol. The van der Waals surface area contributed by atoms with Crippen LogP contribution in [0.15, 0.2) is 36.7 Å². The van der Waals surface area contributed by atoms with Crippen molar-refractivity contribution in [1.29, 1.82) is 0 Å². The standard InChI is InChI=1S/C18H21N5/c1-13(22-9-3-4-10-22)15-5-7-16(8-6-15)17-11-19-18-20-14(2)21-23(18)12-17/h5-8,11-13H,3-4,9-10H2,1-2H3/t13-/m0/s1. The van der Waals surface area contributed by atoms with Gasteiger partial charge in [-0.25, -0.2) is 9.50 Å².